The smallest absolute Gasteiger partial charge is 0.343 e. The van der Waals surface area contributed by atoms with Crippen molar-refractivity contribution in [1.29, 1.82) is 0 Å². The summed E-state index contributed by atoms with van der Waals surface area (Å²) in [5.74, 6) is -0.850. The highest BCUT2D eigenvalue weighted by Crippen LogP contribution is 2.37. The van der Waals surface area contributed by atoms with Crippen molar-refractivity contribution in [1.82, 2.24) is 5.32 Å². The minimum atomic E-state index is -4.63. The topological polar surface area (TPSA) is 49.4 Å². The fourth-order valence-electron chi connectivity index (χ4n) is 2.10. The molecule has 1 atom stereocenters. The van der Waals surface area contributed by atoms with Gasteiger partial charge in [-0.15, -0.1) is 0 Å². The van der Waals surface area contributed by atoms with Gasteiger partial charge in [0.15, 0.2) is 0 Å². The van der Waals surface area contributed by atoms with Crippen LogP contribution >= 0.6 is 11.6 Å². The molecule has 0 aromatic heterocycles. The third-order valence-corrected chi connectivity index (χ3v) is 3.51. The fourth-order valence-corrected chi connectivity index (χ4v) is 2.33. The van der Waals surface area contributed by atoms with E-state index in [2.05, 4.69) is 5.32 Å². The molecule has 1 aromatic rings. The Morgan fingerprint density at radius 3 is 2.62 bits per heavy atom. The van der Waals surface area contributed by atoms with Crippen LogP contribution in [-0.2, 0) is 15.8 Å². The number of hydrogen-bond donors (Lipinski definition) is 1. The molecule has 0 spiro atoms. The van der Waals surface area contributed by atoms with Crippen LogP contribution in [0.2, 0.25) is 5.02 Å². The quantitative estimate of drug-likeness (QED) is 0.910. The van der Waals surface area contributed by atoms with E-state index in [9.17, 15) is 22.8 Å². The van der Waals surface area contributed by atoms with E-state index in [1.54, 1.807) is 6.92 Å². The lowest BCUT2D eigenvalue weighted by atomic mass is 10.1. The summed E-state index contributed by atoms with van der Waals surface area (Å²) in [4.78, 5) is 24.7. The lowest BCUT2D eigenvalue weighted by molar-refractivity contribution is -0.137. The molecule has 4 nitrogen and oxygen atoms in total. The zero-order chi connectivity index (χ0) is 15.8. The number of carbonyl (C=O) groups is 2. The van der Waals surface area contributed by atoms with Crippen molar-refractivity contribution in [3.63, 3.8) is 0 Å². The van der Waals surface area contributed by atoms with Gasteiger partial charge in [0.25, 0.3) is 0 Å². The summed E-state index contributed by atoms with van der Waals surface area (Å²) in [6.07, 6.45) is -4.26. The molecule has 1 heterocycles. The highest BCUT2D eigenvalue weighted by Gasteiger charge is 2.36. The van der Waals surface area contributed by atoms with E-state index >= 15 is 0 Å². The van der Waals surface area contributed by atoms with E-state index in [0.29, 0.717) is 6.42 Å². The first-order valence-electron chi connectivity index (χ1n) is 6.21. The van der Waals surface area contributed by atoms with E-state index in [0.717, 1.165) is 17.0 Å². The maximum absolute atomic E-state index is 12.8. The molecular formula is C13H12ClF3N2O2. The van der Waals surface area contributed by atoms with Crippen LogP contribution in [0.15, 0.2) is 18.2 Å². The van der Waals surface area contributed by atoms with Gasteiger partial charge in [0.2, 0.25) is 11.8 Å². The number of piperazine rings is 1. The summed E-state index contributed by atoms with van der Waals surface area (Å²) in [5.41, 5.74) is -1.03. The van der Waals surface area contributed by atoms with Crippen molar-refractivity contribution in [2.75, 3.05) is 11.4 Å². The predicted molar refractivity (Wildman–Crippen MR) is 71.0 cm³/mol. The Morgan fingerprint density at radius 2 is 2.05 bits per heavy atom. The number of anilines is 1. The van der Waals surface area contributed by atoms with Gasteiger partial charge in [-0.25, -0.2) is 0 Å². The molecule has 8 heteroatoms. The van der Waals surface area contributed by atoms with Crippen LogP contribution in [0.4, 0.5) is 18.9 Å². The summed E-state index contributed by atoms with van der Waals surface area (Å²) >= 11 is 5.54. The molecular weight excluding hydrogens is 309 g/mol. The zero-order valence-electron chi connectivity index (χ0n) is 11.0. The highest BCUT2D eigenvalue weighted by atomic mass is 35.5. The average molecular weight is 321 g/mol. The van der Waals surface area contributed by atoms with Gasteiger partial charge in [-0.3, -0.25) is 9.59 Å². The summed E-state index contributed by atoms with van der Waals surface area (Å²) in [5, 5.41) is 2.04. The number of alkyl halides is 3. The molecule has 0 aliphatic carbocycles. The lowest BCUT2D eigenvalue weighted by Gasteiger charge is -2.32. The summed E-state index contributed by atoms with van der Waals surface area (Å²) < 4.78 is 38.5. The minimum absolute atomic E-state index is 0.00465. The Balaban J connectivity index is 2.41. The van der Waals surface area contributed by atoms with Crippen molar-refractivity contribution in [2.24, 2.45) is 0 Å². The number of hydrogen-bond acceptors (Lipinski definition) is 2. The van der Waals surface area contributed by atoms with Gasteiger partial charge >= 0.3 is 6.18 Å². The van der Waals surface area contributed by atoms with Crippen LogP contribution in [0.3, 0.4) is 0 Å². The first-order valence-corrected chi connectivity index (χ1v) is 6.59. The molecule has 1 N–H and O–H groups in total. The van der Waals surface area contributed by atoms with Gasteiger partial charge in [-0.2, -0.15) is 13.2 Å². The number of amides is 2. The average Bonchev–Trinajstić information content (AvgIpc) is 2.40. The first kappa shape index (κ1) is 15.6. The van der Waals surface area contributed by atoms with Crippen LogP contribution in [-0.4, -0.2) is 24.4 Å². The summed E-state index contributed by atoms with van der Waals surface area (Å²) in [7, 11) is 0. The number of nitrogens with zero attached hydrogens (tertiary/aromatic N) is 1. The monoisotopic (exact) mass is 320 g/mol. The molecule has 1 aromatic carbocycles. The van der Waals surface area contributed by atoms with Gasteiger partial charge in [-0.05, 0) is 24.6 Å². The number of nitrogens with one attached hydrogen (secondary N) is 1. The maximum atomic E-state index is 12.8. The molecule has 1 saturated heterocycles. The largest absolute Gasteiger partial charge is 0.417 e. The first-order chi connectivity index (χ1) is 9.74. The molecule has 21 heavy (non-hydrogen) atoms. The Kier molecular flexibility index (Phi) is 4.13. The van der Waals surface area contributed by atoms with Crippen LogP contribution in [0.1, 0.15) is 18.9 Å². The Labute approximate surface area is 123 Å². The second kappa shape index (κ2) is 5.55. The molecule has 1 aliphatic rings. The number of benzene rings is 1. The predicted octanol–water partition coefficient (Wildman–Crippen LogP) is 2.60. The van der Waals surface area contributed by atoms with Crippen LogP contribution < -0.4 is 10.2 Å². The Morgan fingerprint density at radius 1 is 1.38 bits per heavy atom. The molecule has 0 saturated carbocycles. The highest BCUT2D eigenvalue weighted by molar-refractivity contribution is 6.31. The lowest BCUT2D eigenvalue weighted by Crippen LogP contribution is -2.58. The van der Waals surface area contributed by atoms with E-state index in [1.165, 1.54) is 6.07 Å². The van der Waals surface area contributed by atoms with E-state index in [-0.39, 0.29) is 12.2 Å². The Bertz CT molecular complexity index is 589. The SMILES string of the molecule is CCC1NC(=O)CN(c2ccc(Cl)c(C(F)(F)F)c2)C1=O. The van der Waals surface area contributed by atoms with Gasteiger partial charge in [0.1, 0.15) is 12.6 Å². The third-order valence-electron chi connectivity index (χ3n) is 3.18. The van der Waals surface area contributed by atoms with E-state index < -0.39 is 34.6 Å². The Hall–Kier alpha value is -1.76. The standard InChI is InChI=1S/C13H12ClF3N2O2/c1-2-10-12(21)19(6-11(20)18-10)7-3-4-9(14)8(5-7)13(15,16)17/h3-5,10H,2,6H2,1H3,(H,18,20). The molecule has 1 aliphatic heterocycles. The molecule has 1 fully saturated rings. The fraction of sp³-hybridized carbons (Fsp3) is 0.385. The summed E-state index contributed by atoms with van der Waals surface area (Å²) in [6.45, 7) is 1.39. The van der Waals surface area contributed by atoms with Gasteiger partial charge < -0.3 is 10.2 Å². The molecule has 2 rings (SSSR count). The maximum Gasteiger partial charge on any atom is 0.417 e. The van der Waals surface area contributed by atoms with Crippen molar-refractivity contribution >= 4 is 29.1 Å². The van der Waals surface area contributed by atoms with Gasteiger partial charge in [-0.1, -0.05) is 18.5 Å². The molecule has 114 valence electrons. The second-order valence-electron chi connectivity index (χ2n) is 4.61. The minimum Gasteiger partial charge on any atom is -0.343 e. The number of rotatable bonds is 2. The molecule has 2 amide bonds. The van der Waals surface area contributed by atoms with Gasteiger partial charge in [0.05, 0.1) is 10.6 Å². The van der Waals surface area contributed by atoms with Crippen LogP contribution in [0.5, 0.6) is 0 Å². The number of halogens is 4. The van der Waals surface area contributed by atoms with Crippen molar-refractivity contribution in [3.8, 4) is 0 Å². The normalized spacial score (nSPS) is 19.7. The molecule has 0 radical (unpaired) electrons. The van der Waals surface area contributed by atoms with E-state index in [1.807, 2.05) is 0 Å². The van der Waals surface area contributed by atoms with Crippen LogP contribution in [0.25, 0.3) is 0 Å². The second-order valence-corrected chi connectivity index (χ2v) is 5.02. The third kappa shape index (κ3) is 3.12. The van der Waals surface area contributed by atoms with Crippen molar-refractivity contribution < 1.29 is 22.8 Å². The molecule has 1 unspecified atom stereocenters. The molecule has 0 bridgehead atoms. The summed E-state index contributed by atoms with van der Waals surface area (Å²) in [6, 6.07) is 2.42. The van der Waals surface area contributed by atoms with Crippen molar-refractivity contribution in [2.45, 2.75) is 25.6 Å². The van der Waals surface area contributed by atoms with Crippen LogP contribution in [0, 0.1) is 0 Å². The van der Waals surface area contributed by atoms with Crippen molar-refractivity contribution in [3.05, 3.63) is 28.8 Å². The van der Waals surface area contributed by atoms with E-state index in [4.69, 9.17) is 11.6 Å². The number of carbonyl (C=O) groups excluding carboxylic acids is 2. The zero-order valence-corrected chi connectivity index (χ0v) is 11.8. The van der Waals surface area contributed by atoms with Gasteiger partial charge in [0, 0.05) is 5.69 Å².